The Hall–Kier alpha value is 2.57. The average molecular weight is 708 g/mol. The molecule has 0 aromatic heterocycles. The summed E-state index contributed by atoms with van der Waals surface area (Å²) in [6.07, 6.45) is 0. The maximum absolute atomic E-state index is 8.55. The predicted molar refractivity (Wildman–Crippen MR) is 26.1 cm³/mol. The van der Waals surface area contributed by atoms with Crippen molar-refractivity contribution in [3.63, 3.8) is 0 Å². The molecular weight excluding hydrogens is 708 g/mol. The van der Waals surface area contributed by atoms with Gasteiger partial charge in [0.05, 0.1) is 0 Å². The molecule has 0 atom stereocenters. The maximum atomic E-state index is 8.55. The van der Waals surface area contributed by atoms with Gasteiger partial charge in [-0.15, -0.1) is 0 Å². The first kappa shape index (κ1) is 69.7. The van der Waals surface area contributed by atoms with Crippen molar-refractivity contribution in [3.05, 3.63) is 0 Å². The molecule has 0 aromatic carbocycles. The molecule has 0 saturated heterocycles. The molecule has 181 valence electrons. The fourth-order valence-corrected chi connectivity index (χ4v) is 0. The van der Waals surface area contributed by atoms with Crippen LogP contribution in [0.4, 0.5) is 0 Å². The van der Waals surface area contributed by atoms with Crippen LogP contribution in [0.2, 0.25) is 0 Å². The third-order valence-corrected chi connectivity index (χ3v) is 0. The molecule has 0 spiro atoms. The van der Waals surface area contributed by atoms with Gasteiger partial charge in [-0.2, -0.15) is 23.5 Å². The zero-order valence-corrected chi connectivity index (χ0v) is 19.9. The molecule has 29 heteroatoms. The molecule has 0 aromatic rings. The first-order valence-electron chi connectivity index (χ1n) is 3.19. The van der Waals surface area contributed by atoms with Gasteiger partial charge in [0.2, 0.25) is 0 Å². The van der Waals surface area contributed by atoms with Crippen LogP contribution in [0.15, 0.2) is 0 Å². The molecule has 0 N–H and O–H groups in total. The largest absolute Gasteiger partial charge is 3.00 e. The van der Waals surface area contributed by atoms with E-state index < -0.39 is 23.5 Å². The quantitative estimate of drug-likeness (QED) is 0.0975. The van der Waals surface area contributed by atoms with E-state index in [0.29, 0.717) is 0 Å². The zero-order chi connectivity index (χ0) is 21.6. The molecule has 21 nitrogen and oxygen atoms in total. The van der Waals surface area contributed by atoms with E-state index in [1.807, 2.05) is 0 Å². The summed E-state index contributed by atoms with van der Waals surface area (Å²) in [7, 11) is -16.2. The Balaban J connectivity index is -0.0000000146. The number of hydrogen-bond acceptors (Lipinski definition) is 21. The first-order valence-corrected chi connectivity index (χ1v) is 7.57. The van der Waals surface area contributed by atoms with Gasteiger partial charge in [0.25, 0.3) is 0 Å². The summed E-state index contributed by atoms with van der Waals surface area (Å²) < 4.78 is 25.6. The summed E-state index contributed by atoms with van der Waals surface area (Å²) in [5, 5.41) is 52.5. The van der Waals surface area contributed by atoms with E-state index in [1.165, 1.54) is 0 Å². The van der Waals surface area contributed by atoms with Crippen molar-refractivity contribution in [2.45, 2.75) is 0 Å². The third-order valence-electron chi connectivity index (χ3n) is 0. The van der Waals surface area contributed by atoms with Gasteiger partial charge in [0.1, 0.15) is 0 Å². The zero-order valence-electron chi connectivity index (χ0n) is 11.7. The Bertz CT molecular complexity index is 252. The summed E-state index contributed by atoms with van der Waals surface area (Å²) >= 11 is 0. The SMILES string of the molecule is O=P([O-])([O-])[O-].O=P([O-])([O-])[O-].O=P([O-])([O-])[O-].[Fe+3].[Fe+3].[Fe+3].[Fe+3].[Fe+3].[O-]O[O-].[O-]O[O-].[O-]O[O-]. The monoisotopic (exact) mass is 708 g/mol. The van der Waals surface area contributed by atoms with Gasteiger partial charge in [-0.05, 0) is 0 Å². The molecule has 0 aliphatic heterocycles. The summed E-state index contributed by atoms with van der Waals surface area (Å²) in [6.45, 7) is 0. The van der Waals surface area contributed by atoms with Crippen molar-refractivity contribution < 1.29 is 190 Å². The van der Waals surface area contributed by atoms with E-state index in [1.54, 1.807) is 15.1 Å². The van der Waals surface area contributed by atoms with E-state index in [4.69, 9.17) is 89.3 Å². The standard InChI is InChI=1S/5Fe.3H3O4P.3H2O3/c;;;;;3*1-5(2,3)4;3*1-3-2/h;;;;;3*(H3,1,2,3,4);3*1-2H/q5*+3;;;;;;/p-15. The Labute approximate surface area is 212 Å². The van der Waals surface area contributed by atoms with Crippen molar-refractivity contribution in [1.82, 2.24) is 0 Å². The molecule has 0 aliphatic carbocycles. The second-order valence-corrected chi connectivity index (χ2v) is 4.23. The van der Waals surface area contributed by atoms with E-state index in [0.717, 1.165) is 0 Å². The molecule has 0 fully saturated rings. The smallest absolute Gasteiger partial charge is 0.822 e. The van der Waals surface area contributed by atoms with Crippen LogP contribution in [-0.2, 0) is 114 Å². The van der Waals surface area contributed by atoms with E-state index >= 15 is 0 Å². The fraction of sp³-hybridized carbons (Fsp3) is 0. The Kier molecular flexibility index (Phi) is 116. The predicted octanol–water partition coefficient (Wildman–Crippen LogP) is -15.8. The van der Waals surface area contributed by atoms with Crippen LogP contribution in [-0.4, -0.2) is 0 Å². The fourth-order valence-electron chi connectivity index (χ4n) is 0. The molecule has 0 heterocycles. The average Bonchev–Trinajstić information content (AvgIpc) is 2.10. The minimum atomic E-state index is -5.39. The van der Waals surface area contributed by atoms with Gasteiger partial charge in [-0.3, -0.25) is 0 Å². The van der Waals surface area contributed by atoms with Crippen LogP contribution < -0.4 is 75.6 Å². The van der Waals surface area contributed by atoms with Gasteiger partial charge in [-0.25, -0.2) is 0 Å². The van der Waals surface area contributed by atoms with E-state index in [2.05, 4.69) is 0 Å². The molecule has 0 saturated carbocycles. The van der Waals surface area contributed by atoms with Crippen LogP contribution >= 0.6 is 23.5 Å². The minimum Gasteiger partial charge on any atom is -0.822 e. The molecule has 0 unspecified atom stereocenters. The summed E-state index contributed by atoms with van der Waals surface area (Å²) in [5.74, 6) is 0. The van der Waals surface area contributed by atoms with Crippen LogP contribution in [0.1, 0.15) is 0 Å². The third kappa shape index (κ3) is 3780. The van der Waals surface area contributed by atoms with Crippen molar-refractivity contribution >= 4 is 23.5 Å². The van der Waals surface area contributed by atoms with Gasteiger partial charge >= 0.3 is 85.3 Å². The number of phosphoric acid groups is 3. The van der Waals surface area contributed by atoms with Crippen molar-refractivity contribution in [1.29, 1.82) is 0 Å². The topological polar surface area (TPSA) is 425 Å². The Morgan fingerprint density at radius 2 is 0.345 bits per heavy atom. The van der Waals surface area contributed by atoms with Gasteiger partial charge in [-0.1, -0.05) is 0 Å². The Morgan fingerprint density at radius 3 is 0.345 bits per heavy atom. The van der Waals surface area contributed by atoms with Gasteiger partial charge in [0.15, 0.2) is 0 Å². The van der Waals surface area contributed by atoms with Crippen LogP contribution in [0.25, 0.3) is 0 Å². The number of hydrogen-bond donors (Lipinski definition) is 0. The van der Waals surface area contributed by atoms with Crippen molar-refractivity contribution in [3.8, 4) is 0 Å². The molecule has 0 aliphatic rings. The van der Waals surface area contributed by atoms with Crippen LogP contribution in [0.3, 0.4) is 0 Å². The molecule has 0 bridgehead atoms. The van der Waals surface area contributed by atoms with Crippen molar-refractivity contribution in [2.24, 2.45) is 0 Å². The van der Waals surface area contributed by atoms with Crippen molar-refractivity contribution in [2.75, 3.05) is 0 Å². The summed E-state index contributed by atoms with van der Waals surface area (Å²) in [5.41, 5.74) is 0. The normalized spacial score (nSPS) is 7.97. The molecule has 0 amide bonds. The first-order chi connectivity index (χ1) is 10.2. The molecule has 0 rings (SSSR count). The molecular formula is Fe5O21P3. The van der Waals surface area contributed by atoms with Crippen LogP contribution in [0, 0.1) is 0 Å². The second kappa shape index (κ2) is 48.1. The maximum Gasteiger partial charge on any atom is 3.00 e. The summed E-state index contributed by atoms with van der Waals surface area (Å²) in [4.78, 5) is 76.9. The van der Waals surface area contributed by atoms with Gasteiger partial charge < -0.3 is 104 Å². The molecule has 29 heavy (non-hydrogen) atoms. The van der Waals surface area contributed by atoms with Gasteiger partial charge in [0, 0.05) is 0 Å². The van der Waals surface area contributed by atoms with Crippen LogP contribution in [0.5, 0.6) is 0 Å². The second-order valence-electron chi connectivity index (χ2n) is 1.55. The van der Waals surface area contributed by atoms with E-state index in [9.17, 15) is 0 Å². The number of rotatable bonds is 0. The Morgan fingerprint density at radius 1 is 0.345 bits per heavy atom. The molecule has 5 radical (unpaired) electrons. The summed E-state index contributed by atoms with van der Waals surface area (Å²) in [6, 6.07) is 0. The van der Waals surface area contributed by atoms with E-state index in [-0.39, 0.29) is 85.3 Å². The minimum absolute atomic E-state index is 0.